The van der Waals surface area contributed by atoms with Gasteiger partial charge in [-0.15, -0.1) is 0 Å². The number of nitrogens with zero attached hydrogens (tertiary/aromatic N) is 1. The first-order valence-corrected chi connectivity index (χ1v) is 7.15. The predicted molar refractivity (Wildman–Crippen MR) is 79.7 cm³/mol. The van der Waals surface area contributed by atoms with E-state index >= 15 is 0 Å². The molecule has 3 heteroatoms. The predicted octanol–water partition coefficient (Wildman–Crippen LogP) is 2.20. The monoisotopic (exact) mass is 262 g/mol. The molecule has 0 bridgehead atoms. The summed E-state index contributed by atoms with van der Waals surface area (Å²) in [7, 11) is 1.83. The van der Waals surface area contributed by atoms with Crippen LogP contribution in [0.5, 0.6) is 0 Å². The van der Waals surface area contributed by atoms with Crippen molar-refractivity contribution in [2.75, 3.05) is 39.8 Å². The molecule has 1 fully saturated rings. The quantitative estimate of drug-likeness (QED) is 0.900. The summed E-state index contributed by atoms with van der Waals surface area (Å²) < 4.78 is 5.78. The Bertz CT molecular complexity index is 402. The summed E-state index contributed by atoms with van der Waals surface area (Å²) in [6, 6.07) is 4.51. The highest BCUT2D eigenvalue weighted by atomic mass is 16.5. The van der Waals surface area contributed by atoms with Gasteiger partial charge in [0.25, 0.3) is 0 Å². The maximum atomic E-state index is 5.78. The zero-order valence-corrected chi connectivity index (χ0v) is 12.6. The van der Waals surface area contributed by atoms with Crippen LogP contribution in [-0.4, -0.2) is 44.7 Å². The third-order valence-electron chi connectivity index (χ3n) is 3.98. The Morgan fingerprint density at radius 1 is 1.16 bits per heavy atom. The van der Waals surface area contributed by atoms with Crippen LogP contribution in [0.25, 0.3) is 0 Å². The van der Waals surface area contributed by atoms with E-state index in [1.165, 1.54) is 22.3 Å². The molecule has 1 N–H and O–H groups in total. The smallest absolute Gasteiger partial charge is 0.0953 e. The third kappa shape index (κ3) is 3.56. The van der Waals surface area contributed by atoms with Crippen LogP contribution in [0.1, 0.15) is 28.4 Å². The molecule has 19 heavy (non-hydrogen) atoms. The number of methoxy groups -OCH3 is 1. The van der Waals surface area contributed by atoms with Gasteiger partial charge in [-0.05, 0) is 37.5 Å². The lowest BCUT2D eigenvalue weighted by Gasteiger charge is -2.31. The van der Waals surface area contributed by atoms with E-state index in [0.29, 0.717) is 0 Å². The zero-order valence-electron chi connectivity index (χ0n) is 12.6. The number of benzene rings is 1. The summed E-state index contributed by atoms with van der Waals surface area (Å²) in [5.41, 5.74) is 5.39. The van der Waals surface area contributed by atoms with Gasteiger partial charge in [-0.2, -0.15) is 0 Å². The van der Waals surface area contributed by atoms with Gasteiger partial charge in [-0.3, -0.25) is 4.90 Å². The number of hydrogen-bond donors (Lipinski definition) is 1. The SMILES string of the molecule is COC(CN1CCNCC1)c1c(C)cc(C)cc1C. The molecule has 3 nitrogen and oxygen atoms in total. The average molecular weight is 262 g/mol. The summed E-state index contributed by atoms with van der Waals surface area (Å²) in [5, 5.41) is 3.39. The van der Waals surface area contributed by atoms with Crippen LogP contribution >= 0.6 is 0 Å². The highest BCUT2D eigenvalue weighted by Crippen LogP contribution is 2.26. The Labute approximate surface area is 116 Å². The van der Waals surface area contributed by atoms with Crippen molar-refractivity contribution >= 4 is 0 Å². The molecule has 1 atom stereocenters. The molecular formula is C16H26N2O. The second kappa shape index (κ2) is 6.51. The molecule has 0 saturated carbocycles. The third-order valence-corrected chi connectivity index (χ3v) is 3.98. The summed E-state index contributed by atoms with van der Waals surface area (Å²) in [6.45, 7) is 11.9. The Hall–Kier alpha value is -0.900. The van der Waals surface area contributed by atoms with E-state index in [1.54, 1.807) is 0 Å². The molecular weight excluding hydrogens is 236 g/mol. The van der Waals surface area contributed by atoms with E-state index in [9.17, 15) is 0 Å². The fraction of sp³-hybridized carbons (Fsp3) is 0.625. The Morgan fingerprint density at radius 3 is 2.26 bits per heavy atom. The van der Waals surface area contributed by atoms with Crippen molar-refractivity contribution < 1.29 is 4.74 Å². The van der Waals surface area contributed by atoms with E-state index in [4.69, 9.17) is 4.74 Å². The van der Waals surface area contributed by atoms with Crippen LogP contribution in [0.3, 0.4) is 0 Å². The van der Waals surface area contributed by atoms with Crippen LogP contribution < -0.4 is 5.32 Å². The van der Waals surface area contributed by atoms with Crippen LogP contribution in [-0.2, 0) is 4.74 Å². The fourth-order valence-electron chi connectivity index (χ4n) is 3.11. The van der Waals surface area contributed by atoms with Gasteiger partial charge in [-0.25, -0.2) is 0 Å². The molecule has 1 aromatic rings. The van der Waals surface area contributed by atoms with Crippen LogP contribution in [0.15, 0.2) is 12.1 Å². The van der Waals surface area contributed by atoms with Gasteiger partial charge in [0.05, 0.1) is 6.10 Å². The lowest BCUT2D eigenvalue weighted by atomic mass is 9.95. The molecule has 2 rings (SSSR count). The largest absolute Gasteiger partial charge is 0.375 e. The fourth-order valence-corrected chi connectivity index (χ4v) is 3.11. The van der Waals surface area contributed by atoms with E-state index in [-0.39, 0.29) is 6.10 Å². The van der Waals surface area contributed by atoms with E-state index in [1.807, 2.05) is 7.11 Å². The summed E-state index contributed by atoms with van der Waals surface area (Å²) in [4.78, 5) is 2.49. The Kier molecular flexibility index (Phi) is 4.97. The maximum Gasteiger partial charge on any atom is 0.0953 e. The van der Waals surface area contributed by atoms with Gasteiger partial charge in [0.1, 0.15) is 0 Å². The average Bonchev–Trinajstić information content (AvgIpc) is 2.37. The van der Waals surface area contributed by atoms with Crippen molar-refractivity contribution in [3.63, 3.8) is 0 Å². The molecule has 106 valence electrons. The van der Waals surface area contributed by atoms with E-state index < -0.39 is 0 Å². The summed E-state index contributed by atoms with van der Waals surface area (Å²) in [5.74, 6) is 0. The van der Waals surface area contributed by atoms with Gasteiger partial charge >= 0.3 is 0 Å². The van der Waals surface area contributed by atoms with Crippen molar-refractivity contribution in [2.45, 2.75) is 26.9 Å². The molecule has 0 spiro atoms. The number of aryl methyl sites for hydroxylation is 3. The number of ether oxygens (including phenoxy) is 1. The minimum absolute atomic E-state index is 0.179. The molecule has 1 aliphatic rings. The first-order chi connectivity index (χ1) is 9.11. The maximum absolute atomic E-state index is 5.78. The standard InChI is InChI=1S/C16H26N2O/c1-12-9-13(2)16(14(3)10-12)15(19-4)11-18-7-5-17-6-8-18/h9-10,15,17H,5-8,11H2,1-4H3. The van der Waals surface area contributed by atoms with E-state index in [0.717, 1.165) is 32.7 Å². The Morgan fingerprint density at radius 2 is 1.74 bits per heavy atom. The molecule has 0 aliphatic carbocycles. The zero-order chi connectivity index (χ0) is 13.8. The summed E-state index contributed by atoms with van der Waals surface area (Å²) >= 11 is 0. The molecule has 1 aromatic carbocycles. The molecule has 1 heterocycles. The topological polar surface area (TPSA) is 24.5 Å². The molecule has 0 amide bonds. The van der Waals surface area contributed by atoms with Crippen LogP contribution in [0.2, 0.25) is 0 Å². The van der Waals surface area contributed by atoms with Crippen LogP contribution in [0.4, 0.5) is 0 Å². The lowest BCUT2D eigenvalue weighted by molar-refractivity contribution is 0.0586. The van der Waals surface area contributed by atoms with Crippen molar-refractivity contribution in [1.82, 2.24) is 10.2 Å². The van der Waals surface area contributed by atoms with E-state index in [2.05, 4.69) is 43.1 Å². The minimum atomic E-state index is 0.179. The van der Waals surface area contributed by atoms with Crippen molar-refractivity contribution in [2.24, 2.45) is 0 Å². The second-order valence-corrected chi connectivity index (χ2v) is 5.59. The number of rotatable bonds is 4. The van der Waals surface area contributed by atoms with Crippen LogP contribution in [0, 0.1) is 20.8 Å². The first kappa shape index (κ1) is 14.5. The number of nitrogens with one attached hydrogen (secondary N) is 1. The number of piperazine rings is 1. The second-order valence-electron chi connectivity index (χ2n) is 5.59. The lowest BCUT2D eigenvalue weighted by Crippen LogP contribution is -2.45. The number of hydrogen-bond acceptors (Lipinski definition) is 3. The molecule has 1 aliphatic heterocycles. The Balaban J connectivity index is 2.16. The van der Waals surface area contributed by atoms with Crippen molar-refractivity contribution in [1.29, 1.82) is 0 Å². The van der Waals surface area contributed by atoms with Gasteiger partial charge in [0.15, 0.2) is 0 Å². The molecule has 1 saturated heterocycles. The molecule has 1 unspecified atom stereocenters. The van der Waals surface area contributed by atoms with Crippen molar-refractivity contribution in [3.05, 3.63) is 34.4 Å². The van der Waals surface area contributed by atoms with Gasteiger partial charge in [-0.1, -0.05) is 17.7 Å². The van der Waals surface area contributed by atoms with Crippen molar-refractivity contribution in [3.8, 4) is 0 Å². The molecule has 0 radical (unpaired) electrons. The molecule has 0 aromatic heterocycles. The summed E-state index contributed by atoms with van der Waals surface area (Å²) in [6.07, 6.45) is 0.179. The first-order valence-electron chi connectivity index (χ1n) is 7.15. The normalized spacial score (nSPS) is 18.5. The van der Waals surface area contributed by atoms with Gasteiger partial charge < -0.3 is 10.1 Å². The highest BCUT2D eigenvalue weighted by molar-refractivity contribution is 5.39. The highest BCUT2D eigenvalue weighted by Gasteiger charge is 2.20. The minimum Gasteiger partial charge on any atom is -0.375 e. The van der Waals surface area contributed by atoms with Gasteiger partial charge in [0, 0.05) is 39.8 Å². The van der Waals surface area contributed by atoms with Gasteiger partial charge in [0.2, 0.25) is 0 Å².